The predicted octanol–water partition coefficient (Wildman–Crippen LogP) is 4.35. The SMILES string of the molecule is O=C(Nc1nc(-c2cccnc2)cs1)C1CC(=O)N(c2cccc3ccccc23)C1. The zero-order chi connectivity index (χ0) is 20.5. The van der Waals surface area contributed by atoms with Crippen LogP contribution in [0, 0.1) is 5.92 Å². The topological polar surface area (TPSA) is 75.2 Å². The van der Waals surface area contributed by atoms with E-state index < -0.39 is 5.92 Å². The standard InChI is InChI=1S/C23H18N4O2S/c28-21-11-17(13-27(21)20-9-3-6-15-5-1-2-8-18(15)20)22(29)26-23-25-19(14-30-23)16-7-4-10-24-12-16/h1-10,12,14,17H,11,13H2,(H,25,26,29). The number of anilines is 2. The minimum Gasteiger partial charge on any atom is -0.311 e. The van der Waals surface area contributed by atoms with Crippen LogP contribution in [0.3, 0.4) is 0 Å². The summed E-state index contributed by atoms with van der Waals surface area (Å²) in [4.78, 5) is 35.8. The lowest BCUT2D eigenvalue weighted by atomic mass is 10.1. The second-order valence-electron chi connectivity index (χ2n) is 7.17. The molecule has 0 spiro atoms. The summed E-state index contributed by atoms with van der Waals surface area (Å²) in [6.07, 6.45) is 3.63. The Balaban J connectivity index is 1.32. The molecule has 0 aliphatic carbocycles. The summed E-state index contributed by atoms with van der Waals surface area (Å²) in [5, 5.41) is 7.36. The van der Waals surface area contributed by atoms with Crippen LogP contribution in [0.5, 0.6) is 0 Å². The highest BCUT2D eigenvalue weighted by molar-refractivity contribution is 7.14. The molecule has 3 heterocycles. The Labute approximate surface area is 177 Å². The Hall–Kier alpha value is -3.58. The van der Waals surface area contributed by atoms with Crippen LogP contribution in [0.15, 0.2) is 72.4 Å². The second-order valence-corrected chi connectivity index (χ2v) is 8.03. The highest BCUT2D eigenvalue weighted by atomic mass is 32.1. The fraction of sp³-hybridized carbons (Fsp3) is 0.130. The smallest absolute Gasteiger partial charge is 0.231 e. The average molecular weight is 414 g/mol. The van der Waals surface area contributed by atoms with Gasteiger partial charge in [0.25, 0.3) is 0 Å². The number of carbonyl (C=O) groups is 2. The maximum Gasteiger partial charge on any atom is 0.231 e. The third-order valence-corrected chi connectivity index (χ3v) is 6.00. The van der Waals surface area contributed by atoms with Crippen LogP contribution < -0.4 is 10.2 Å². The number of pyridine rings is 1. The van der Waals surface area contributed by atoms with Crippen LogP contribution in [0.25, 0.3) is 22.0 Å². The van der Waals surface area contributed by atoms with Gasteiger partial charge in [0.05, 0.1) is 17.3 Å². The van der Waals surface area contributed by atoms with E-state index in [1.807, 2.05) is 60.0 Å². The van der Waals surface area contributed by atoms with Crippen molar-refractivity contribution in [3.63, 3.8) is 0 Å². The average Bonchev–Trinajstić information content (AvgIpc) is 3.41. The Morgan fingerprint density at radius 1 is 1.10 bits per heavy atom. The van der Waals surface area contributed by atoms with Gasteiger partial charge in [-0.3, -0.25) is 14.6 Å². The molecule has 2 amide bonds. The molecule has 2 aromatic carbocycles. The molecule has 4 aromatic rings. The minimum atomic E-state index is -0.415. The van der Waals surface area contributed by atoms with Crippen LogP contribution in [0.4, 0.5) is 10.8 Å². The molecule has 7 heteroatoms. The molecule has 1 aliphatic rings. The molecular formula is C23H18N4O2S. The molecule has 0 saturated carbocycles. The van der Waals surface area contributed by atoms with Crippen LogP contribution in [-0.2, 0) is 9.59 Å². The monoisotopic (exact) mass is 414 g/mol. The summed E-state index contributed by atoms with van der Waals surface area (Å²) in [5.41, 5.74) is 2.51. The molecule has 6 nitrogen and oxygen atoms in total. The van der Waals surface area contributed by atoms with Crippen molar-refractivity contribution in [2.45, 2.75) is 6.42 Å². The summed E-state index contributed by atoms with van der Waals surface area (Å²) >= 11 is 1.36. The normalized spacial score (nSPS) is 16.2. The van der Waals surface area contributed by atoms with Gasteiger partial charge in [-0.25, -0.2) is 4.98 Å². The van der Waals surface area contributed by atoms with Crippen LogP contribution in [0.2, 0.25) is 0 Å². The Kier molecular flexibility index (Phi) is 4.72. The van der Waals surface area contributed by atoms with Crippen molar-refractivity contribution in [2.24, 2.45) is 5.92 Å². The van der Waals surface area contributed by atoms with Crippen molar-refractivity contribution >= 4 is 44.7 Å². The number of hydrogen-bond acceptors (Lipinski definition) is 5. The number of benzene rings is 2. The van der Waals surface area contributed by atoms with Crippen molar-refractivity contribution in [3.8, 4) is 11.3 Å². The van der Waals surface area contributed by atoms with Crippen molar-refractivity contribution in [2.75, 3.05) is 16.8 Å². The highest BCUT2D eigenvalue weighted by Gasteiger charge is 2.36. The molecule has 0 radical (unpaired) electrons. The number of nitrogens with one attached hydrogen (secondary N) is 1. The first-order valence-corrected chi connectivity index (χ1v) is 10.5. The third kappa shape index (κ3) is 3.44. The molecule has 1 fully saturated rings. The minimum absolute atomic E-state index is 0.0401. The highest BCUT2D eigenvalue weighted by Crippen LogP contribution is 2.32. The Morgan fingerprint density at radius 3 is 2.83 bits per heavy atom. The summed E-state index contributed by atoms with van der Waals surface area (Å²) in [7, 11) is 0. The third-order valence-electron chi connectivity index (χ3n) is 5.24. The lowest BCUT2D eigenvalue weighted by Crippen LogP contribution is -2.28. The van der Waals surface area contributed by atoms with Crippen LogP contribution in [0.1, 0.15) is 6.42 Å². The molecule has 1 saturated heterocycles. The first-order valence-electron chi connectivity index (χ1n) is 9.64. The maximum absolute atomic E-state index is 12.8. The maximum atomic E-state index is 12.8. The summed E-state index contributed by atoms with van der Waals surface area (Å²) < 4.78 is 0. The Bertz CT molecular complexity index is 1230. The predicted molar refractivity (Wildman–Crippen MR) is 118 cm³/mol. The van der Waals surface area contributed by atoms with E-state index in [2.05, 4.69) is 15.3 Å². The van der Waals surface area contributed by atoms with Gasteiger partial charge in [-0.1, -0.05) is 36.4 Å². The number of fused-ring (bicyclic) bond motifs is 1. The van der Waals surface area contributed by atoms with E-state index in [1.54, 1.807) is 17.3 Å². The molecule has 2 aromatic heterocycles. The van der Waals surface area contributed by atoms with Crippen molar-refractivity contribution < 1.29 is 9.59 Å². The van der Waals surface area contributed by atoms with Gasteiger partial charge < -0.3 is 10.2 Å². The largest absolute Gasteiger partial charge is 0.311 e. The lowest BCUT2D eigenvalue weighted by molar-refractivity contribution is -0.122. The fourth-order valence-electron chi connectivity index (χ4n) is 3.75. The number of hydrogen-bond donors (Lipinski definition) is 1. The molecule has 0 bridgehead atoms. The number of aromatic nitrogens is 2. The van der Waals surface area contributed by atoms with E-state index in [9.17, 15) is 9.59 Å². The van der Waals surface area contributed by atoms with Crippen molar-refractivity contribution in [1.29, 1.82) is 0 Å². The van der Waals surface area contributed by atoms with Gasteiger partial charge in [-0.2, -0.15) is 0 Å². The summed E-state index contributed by atoms with van der Waals surface area (Å²) in [6.45, 7) is 0.361. The van der Waals surface area contributed by atoms with E-state index in [1.165, 1.54) is 11.3 Å². The molecule has 1 N–H and O–H groups in total. The van der Waals surface area contributed by atoms with Crippen molar-refractivity contribution in [1.82, 2.24) is 9.97 Å². The number of rotatable bonds is 4. The van der Waals surface area contributed by atoms with Gasteiger partial charge in [0.2, 0.25) is 11.8 Å². The Morgan fingerprint density at radius 2 is 1.97 bits per heavy atom. The van der Waals surface area contributed by atoms with E-state index in [0.717, 1.165) is 27.7 Å². The summed E-state index contributed by atoms with van der Waals surface area (Å²) in [5.74, 6) is -0.637. The van der Waals surface area contributed by atoms with Gasteiger partial charge in [0, 0.05) is 41.7 Å². The molecule has 1 aliphatic heterocycles. The number of carbonyl (C=O) groups excluding carboxylic acids is 2. The van der Waals surface area contributed by atoms with Gasteiger partial charge in [0.1, 0.15) is 0 Å². The van der Waals surface area contributed by atoms with Crippen LogP contribution in [-0.4, -0.2) is 28.3 Å². The molecule has 148 valence electrons. The van der Waals surface area contributed by atoms with Gasteiger partial charge in [-0.05, 0) is 23.6 Å². The van der Waals surface area contributed by atoms with E-state index in [0.29, 0.717) is 11.7 Å². The van der Waals surface area contributed by atoms with E-state index in [4.69, 9.17) is 0 Å². The van der Waals surface area contributed by atoms with E-state index >= 15 is 0 Å². The van der Waals surface area contributed by atoms with Crippen LogP contribution >= 0.6 is 11.3 Å². The second kappa shape index (κ2) is 7.68. The van der Waals surface area contributed by atoms with E-state index in [-0.39, 0.29) is 18.2 Å². The number of amides is 2. The molecular weight excluding hydrogens is 396 g/mol. The fourth-order valence-corrected chi connectivity index (χ4v) is 4.47. The van der Waals surface area contributed by atoms with Gasteiger partial charge >= 0.3 is 0 Å². The molecule has 1 atom stereocenters. The zero-order valence-electron chi connectivity index (χ0n) is 16.0. The molecule has 30 heavy (non-hydrogen) atoms. The van der Waals surface area contributed by atoms with Crippen molar-refractivity contribution in [3.05, 3.63) is 72.4 Å². The quantitative estimate of drug-likeness (QED) is 0.539. The lowest BCUT2D eigenvalue weighted by Gasteiger charge is -2.18. The van der Waals surface area contributed by atoms with Gasteiger partial charge in [-0.15, -0.1) is 11.3 Å². The number of nitrogens with zero attached hydrogens (tertiary/aromatic N) is 3. The molecule has 1 unspecified atom stereocenters. The van der Waals surface area contributed by atoms with Gasteiger partial charge in [0.15, 0.2) is 5.13 Å². The summed E-state index contributed by atoms with van der Waals surface area (Å²) in [6, 6.07) is 17.6. The first-order chi connectivity index (χ1) is 14.7. The first kappa shape index (κ1) is 18.4. The number of thiazole rings is 1. The molecule has 5 rings (SSSR count). The zero-order valence-corrected chi connectivity index (χ0v) is 16.8.